The second-order valence-corrected chi connectivity index (χ2v) is 7.20. The Hall–Kier alpha value is -2.10. The standard InChI is InChI=1S/C14H11N3O3S3/c1-7-10(13(19)20-2)23-14(15-7)17-11(18)8-6-22-12(16-8)9-4-3-5-21-9/h3-6H,1-2H3,(H,15,17,18). The van der Waals surface area contributed by atoms with Crippen molar-refractivity contribution >= 4 is 51.0 Å². The average molecular weight is 365 g/mol. The Morgan fingerprint density at radius 3 is 2.78 bits per heavy atom. The first-order valence-electron chi connectivity index (χ1n) is 6.45. The lowest BCUT2D eigenvalue weighted by atomic mass is 10.4. The fourth-order valence-corrected chi connectivity index (χ4v) is 4.28. The Balaban J connectivity index is 1.76. The molecule has 0 saturated heterocycles. The summed E-state index contributed by atoms with van der Waals surface area (Å²) in [5, 5.41) is 7.47. The third kappa shape index (κ3) is 3.31. The molecule has 0 bridgehead atoms. The fourth-order valence-electron chi connectivity index (χ4n) is 1.78. The van der Waals surface area contributed by atoms with Gasteiger partial charge in [0.1, 0.15) is 15.6 Å². The van der Waals surface area contributed by atoms with Gasteiger partial charge in [0.2, 0.25) is 0 Å². The Bertz CT molecular complexity index is 852. The molecular weight excluding hydrogens is 354 g/mol. The van der Waals surface area contributed by atoms with Gasteiger partial charge in [0.15, 0.2) is 5.13 Å². The molecule has 3 aromatic heterocycles. The highest BCUT2D eigenvalue weighted by Gasteiger charge is 2.18. The zero-order valence-electron chi connectivity index (χ0n) is 12.2. The van der Waals surface area contributed by atoms with Crippen molar-refractivity contribution in [2.24, 2.45) is 0 Å². The van der Waals surface area contributed by atoms with E-state index in [2.05, 4.69) is 20.0 Å². The van der Waals surface area contributed by atoms with Crippen LogP contribution >= 0.6 is 34.0 Å². The first-order valence-corrected chi connectivity index (χ1v) is 9.02. The molecule has 0 fully saturated rings. The predicted octanol–water partition coefficient (Wildman–Crippen LogP) is 3.68. The number of ether oxygens (including phenoxy) is 1. The number of thiophene rings is 1. The number of aromatic nitrogens is 2. The number of hydrogen-bond donors (Lipinski definition) is 1. The molecule has 0 radical (unpaired) electrons. The number of methoxy groups -OCH3 is 1. The van der Waals surface area contributed by atoms with Crippen molar-refractivity contribution < 1.29 is 14.3 Å². The van der Waals surface area contributed by atoms with E-state index in [4.69, 9.17) is 0 Å². The van der Waals surface area contributed by atoms with Gasteiger partial charge in [-0.25, -0.2) is 14.8 Å². The van der Waals surface area contributed by atoms with Gasteiger partial charge < -0.3 is 4.74 Å². The highest BCUT2D eigenvalue weighted by Crippen LogP contribution is 2.28. The monoisotopic (exact) mass is 365 g/mol. The molecule has 1 amide bonds. The number of nitrogens with one attached hydrogen (secondary N) is 1. The third-order valence-corrected chi connectivity index (χ3v) is 5.79. The lowest BCUT2D eigenvalue weighted by Crippen LogP contribution is -2.12. The van der Waals surface area contributed by atoms with E-state index in [-0.39, 0.29) is 5.91 Å². The zero-order valence-corrected chi connectivity index (χ0v) is 14.6. The molecule has 0 aliphatic rings. The molecule has 3 rings (SSSR count). The van der Waals surface area contributed by atoms with Crippen molar-refractivity contribution in [1.29, 1.82) is 0 Å². The summed E-state index contributed by atoms with van der Waals surface area (Å²) in [7, 11) is 1.31. The summed E-state index contributed by atoms with van der Waals surface area (Å²) in [4.78, 5) is 33.7. The van der Waals surface area contributed by atoms with Gasteiger partial charge >= 0.3 is 5.97 Å². The number of nitrogens with zero attached hydrogens (tertiary/aromatic N) is 2. The lowest BCUT2D eigenvalue weighted by molar-refractivity contribution is 0.0605. The van der Waals surface area contributed by atoms with Gasteiger partial charge in [0.05, 0.1) is 17.7 Å². The quantitative estimate of drug-likeness (QED) is 0.713. The molecule has 9 heteroatoms. The van der Waals surface area contributed by atoms with E-state index in [9.17, 15) is 9.59 Å². The van der Waals surface area contributed by atoms with Crippen LogP contribution in [-0.2, 0) is 4.74 Å². The van der Waals surface area contributed by atoms with Crippen molar-refractivity contribution in [3.05, 3.63) is 39.2 Å². The van der Waals surface area contributed by atoms with E-state index >= 15 is 0 Å². The largest absolute Gasteiger partial charge is 0.465 e. The summed E-state index contributed by atoms with van der Waals surface area (Å²) in [6, 6.07) is 3.89. The molecule has 0 aromatic carbocycles. The van der Waals surface area contributed by atoms with Crippen LogP contribution < -0.4 is 5.32 Å². The SMILES string of the molecule is COC(=O)c1sc(NC(=O)c2csc(-c3cccs3)n2)nc1C. The third-order valence-electron chi connectivity index (χ3n) is 2.86. The molecule has 23 heavy (non-hydrogen) atoms. The summed E-state index contributed by atoms with van der Waals surface area (Å²) >= 11 is 4.06. The van der Waals surface area contributed by atoms with Gasteiger partial charge in [-0.3, -0.25) is 10.1 Å². The lowest BCUT2D eigenvalue weighted by Gasteiger charge is -1.97. The normalized spacial score (nSPS) is 10.5. The van der Waals surface area contributed by atoms with Crippen molar-refractivity contribution in [2.45, 2.75) is 6.92 Å². The molecule has 0 aliphatic carbocycles. The van der Waals surface area contributed by atoms with Crippen LogP contribution in [0, 0.1) is 6.92 Å². The number of carbonyl (C=O) groups is 2. The Morgan fingerprint density at radius 1 is 1.26 bits per heavy atom. The van der Waals surface area contributed by atoms with Crippen LogP contribution in [0.15, 0.2) is 22.9 Å². The Labute approximate surface area is 143 Å². The number of rotatable bonds is 4. The van der Waals surface area contributed by atoms with Gasteiger partial charge in [-0.05, 0) is 18.4 Å². The fraction of sp³-hybridized carbons (Fsp3) is 0.143. The topological polar surface area (TPSA) is 81.2 Å². The maximum atomic E-state index is 12.2. The number of amides is 1. The first-order chi connectivity index (χ1) is 11.1. The summed E-state index contributed by atoms with van der Waals surface area (Å²) in [5.41, 5.74) is 0.848. The van der Waals surface area contributed by atoms with Gasteiger partial charge in [0.25, 0.3) is 5.91 Å². The molecule has 0 unspecified atom stereocenters. The number of thiazole rings is 2. The number of esters is 1. The molecule has 0 saturated carbocycles. The van der Waals surface area contributed by atoms with Crippen LogP contribution in [0.2, 0.25) is 0 Å². The van der Waals surface area contributed by atoms with Crippen LogP contribution in [0.25, 0.3) is 9.88 Å². The summed E-state index contributed by atoms with van der Waals surface area (Å²) in [5.74, 6) is -0.816. The van der Waals surface area contributed by atoms with E-state index in [1.165, 1.54) is 18.4 Å². The summed E-state index contributed by atoms with van der Waals surface area (Å²) < 4.78 is 4.67. The molecule has 6 nitrogen and oxygen atoms in total. The highest BCUT2D eigenvalue weighted by molar-refractivity contribution is 7.20. The molecule has 0 spiro atoms. The van der Waals surface area contributed by atoms with Crippen molar-refractivity contribution in [1.82, 2.24) is 9.97 Å². The molecular formula is C14H11N3O3S3. The Kier molecular flexibility index (Phi) is 4.51. The van der Waals surface area contributed by atoms with Gasteiger partial charge in [-0.1, -0.05) is 17.4 Å². The van der Waals surface area contributed by atoms with Gasteiger partial charge in [-0.15, -0.1) is 22.7 Å². The molecule has 3 aromatic rings. The molecule has 1 N–H and O–H groups in total. The second-order valence-electron chi connectivity index (χ2n) is 4.39. The van der Waals surface area contributed by atoms with E-state index in [1.807, 2.05) is 17.5 Å². The molecule has 0 aliphatic heterocycles. The maximum absolute atomic E-state index is 12.2. The Morgan fingerprint density at radius 2 is 2.09 bits per heavy atom. The zero-order chi connectivity index (χ0) is 16.4. The smallest absolute Gasteiger partial charge is 0.350 e. The summed E-state index contributed by atoms with van der Waals surface area (Å²) in [6.07, 6.45) is 0. The van der Waals surface area contributed by atoms with E-state index in [0.717, 1.165) is 21.2 Å². The van der Waals surface area contributed by atoms with E-state index in [0.29, 0.717) is 21.4 Å². The second kappa shape index (κ2) is 6.57. The minimum absolute atomic E-state index is 0.325. The minimum atomic E-state index is -0.464. The predicted molar refractivity (Wildman–Crippen MR) is 91.6 cm³/mol. The first kappa shape index (κ1) is 15.8. The van der Waals surface area contributed by atoms with Gasteiger partial charge in [-0.2, -0.15) is 0 Å². The molecule has 3 heterocycles. The van der Waals surface area contributed by atoms with Crippen molar-refractivity contribution in [2.75, 3.05) is 12.4 Å². The van der Waals surface area contributed by atoms with E-state index in [1.54, 1.807) is 23.6 Å². The average Bonchev–Trinajstić information content (AvgIpc) is 3.26. The number of carbonyl (C=O) groups excluding carboxylic acids is 2. The van der Waals surface area contributed by atoms with Crippen LogP contribution in [-0.4, -0.2) is 29.0 Å². The van der Waals surface area contributed by atoms with Crippen LogP contribution in [0.5, 0.6) is 0 Å². The van der Waals surface area contributed by atoms with Crippen molar-refractivity contribution in [3.63, 3.8) is 0 Å². The maximum Gasteiger partial charge on any atom is 0.350 e. The van der Waals surface area contributed by atoms with Gasteiger partial charge in [0, 0.05) is 5.38 Å². The van der Waals surface area contributed by atoms with Crippen LogP contribution in [0.1, 0.15) is 25.9 Å². The van der Waals surface area contributed by atoms with Crippen LogP contribution in [0.3, 0.4) is 0 Å². The minimum Gasteiger partial charge on any atom is -0.465 e. The van der Waals surface area contributed by atoms with Crippen LogP contribution in [0.4, 0.5) is 5.13 Å². The van der Waals surface area contributed by atoms with E-state index < -0.39 is 5.97 Å². The number of hydrogen-bond acceptors (Lipinski definition) is 8. The molecule has 0 atom stereocenters. The molecule has 118 valence electrons. The number of anilines is 1. The van der Waals surface area contributed by atoms with Crippen molar-refractivity contribution in [3.8, 4) is 9.88 Å². The number of aryl methyl sites for hydroxylation is 1. The highest BCUT2D eigenvalue weighted by atomic mass is 32.1. The summed E-state index contributed by atoms with van der Waals surface area (Å²) in [6.45, 7) is 1.69.